The summed E-state index contributed by atoms with van der Waals surface area (Å²) in [6.45, 7) is 5.80. The monoisotopic (exact) mass is 341 g/mol. The van der Waals surface area contributed by atoms with Crippen molar-refractivity contribution >= 4 is 5.91 Å². The van der Waals surface area contributed by atoms with E-state index >= 15 is 0 Å². The van der Waals surface area contributed by atoms with Gasteiger partial charge in [-0.05, 0) is 45.0 Å². The maximum Gasteiger partial charge on any atom is 0.227 e. The molecule has 5 nitrogen and oxygen atoms in total. The summed E-state index contributed by atoms with van der Waals surface area (Å²) in [7, 11) is 0. The normalized spacial score (nSPS) is 15.7. The molecule has 2 heterocycles. The number of benzene rings is 1. The number of amides is 1. The second kappa shape index (κ2) is 8.81. The van der Waals surface area contributed by atoms with Gasteiger partial charge >= 0.3 is 0 Å². The molecule has 3 rings (SSSR count). The minimum Gasteiger partial charge on any atom is -0.440 e. The van der Waals surface area contributed by atoms with Crippen molar-refractivity contribution in [3.05, 3.63) is 41.8 Å². The summed E-state index contributed by atoms with van der Waals surface area (Å²) >= 11 is 0. The van der Waals surface area contributed by atoms with Crippen LogP contribution in [0.1, 0.15) is 37.1 Å². The van der Waals surface area contributed by atoms with Crippen LogP contribution in [0.25, 0.3) is 11.5 Å². The van der Waals surface area contributed by atoms with E-state index in [0.717, 1.165) is 30.9 Å². The number of hydrogen-bond donors (Lipinski definition) is 1. The molecule has 1 aliphatic heterocycles. The van der Waals surface area contributed by atoms with E-state index in [0.29, 0.717) is 18.2 Å². The number of aromatic nitrogens is 1. The minimum absolute atomic E-state index is 0.00585. The molecular formula is C20H27N3O2. The van der Waals surface area contributed by atoms with Crippen molar-refractivity contribution in [1.29, 1.82) is 0 Å². The molecule has 0 atom stereocenters. The molecule has 1 aliphatic rings. The molecule has 1 aromatic carbocycles. The molecule has 1 saturated heterocycles. The third-order valence-electron chi connectivity index (χ3n) is 4.68. The van der Waals surface area contributed by atoms with Gasteiger partial charge in [-0.2, -0.15) is 0 Å². The van der Waals surface area contributed by atoms with Crippen LogP contribution in [0.15, 0.2) is 34.7 Å². The van der Waals surface area contributed by atoms with Crippen LogP contribution in [0.2, 0.25) is 0 Å². The summed E-state index contributed by atoms with van der Waals surface area (Å²) in [5, 5.41) is 3.01. The van der Waals surface area contributed by atoms with Crippen molar-refractivity contribution in [1.82, 2.24) is 15.2 Å². The van der Waals surface area contributed by atoms with Crippen LogP contribution in [0.3, 0.4) is 0 Å². The van der Waals surface area contributed by atoms with Crippen LogP contribution >= 0.6 is 0 Å². The molecule has 0 aliphatic carbocycles. The van der Waals surface area contributed by atoms with Crippen LogP contribution in [0, 0.1) is 6.92 Å². The van der Waals surface area contributed by atoms with E-state index in [1.165, 1.54) is 25.7 Å². The van der Waals surface area contributed by atoms with Gasteiger partial charge in [-0.1, -0.05) is 31.0 Å². The zero-order valence-corrected chi connectivity index (χ0v) is 15.0. The first-order valence-corrected chi connectivity index (χ1v) is 9.23. The van der Waals surface area contributed by atoms with Gasteiger partial charge in [0.1, 0.15) is 5.76 Å². The van der Waals surface area contributed by atoms with E-state index in [1.54, 1.807) is 0 Å². The van der Waals surface area contributed by atoms with E-state index in [9.17, 15) is 4.79 Å². The van der Waals surface area contributed by atoms with Gasteiger partial charge in [-0.3, -0.25) is 4.79 Å². The predicted molar refractivity (Wildman–Crippen MR) is 98.3 cm³/mol. The van der Waals surface area contributed by atoms with Crippen molar-refractivity contribution in [2.75, 3.05) is 26.2 Å². The van der Waals surface area contributed by atoms with Crippen molar-refractivity contribution in [2.45, 2.75) is 39.0 Å². The number of oxazole rings is 1. The second-order valence-corrected chi connectivity index (χ2v) is 6.68. The lowest BCUT2D eigenvalue weighted by atomic mass is 10.2. The molecular weight excluding hydrogens is 314 g/mol. The van der Waals surface area contributed by atoms with E-state index in [1.807, 2.05) is 37.3 Å². The zero-order valence-electron chi connectivity index (χ0n) is 15.0. The third kappa shape index (κ3) is 5.16. The molecule has 25 heavy (non-hydrogen) atoms. The number of rotatable bonds is 6. The first kappa shape index (κ1) is 17.7. The Morgan fingerprint density at radius 2 is 1.88 bits per heavy atom. The highest BCUT2D eigenvalue weighted by Crippen LogP contribution is 2.21. The van der Waals surface area contributed by atoms with Gasteiger partial charge in [-0.15, -0.1) is 0 Å². The number of likely N-dealkylation sites (tertiary alicyclic amines) is 1. The van der Waals surface area contributed by atoms with Crippen LogP contribution in [-0.4, -0.2) is 42.0 Å². The van der Waals surface area contributed by atoms with E-state index in [4.69, 9.17) is 4.42 Å². The lowest BCUT2D eigenvalue weighted by Gasteiger charge is -2.19. The fourth-order valence-electron chi connectivity index (χ4n) is 3.22. The molecule has 2 aromatic rings. The molecule has 1 fully saturated rings. The lowest BCUT2D eigenvalue weighted by molar-refractivity contribution is -0.120. The highest BCUT2D eigenvalue weighted by Gasteiger charge is 2.15. The minimum atomic E-state index is -0.00585. The van der Waals surface area contributed by atoms with Gasteiger partial charge in [0, 0.05) is 18.7 Å². The van der Waals surface area contributed by atoms with Gasteiger partial charge in [0.15, 0.2) is 0 Å². The van der Waals surface area contributed by atoms with Crippen molar-refractivity contribution in [2.24, 2.45) is 0 Å². The predicted octanol–water partition coefficient (Wildman–Crippen LogP) is 3.18. The second-order valence-electron chi connectivity index (χ2n) is 6.68. The number of carbonyl (C=O) groups is 1. The number of carbonyl (C=O) groups excluding carboxylic acids is 1. The Kier molecular flexibility index (Phi) is 6.23. The summed E-state index contributed by atoms with van der Waals surface area (Å²) < 4.78 is 5.80. The average molecular weight is 341 g/mol. The smallest absolute Gasteiger partial charge is 0.227 e. The van der Waals surface area contributed by atoms with Crippen LogP contribution in [0.5, 0.6) is 0 Å². The zero-order chi connectivity index (χ0) is 17.5. The fraction of sp³-hybridized carbons (Fsp3) is 0.500. The molecule has 0 radical (unpaired) electrons. The number of hydrogen-bond acceptors (Lipinski definition) is 4. The van der Waals surface area contributed by atoms with Crippen LogP contribution < -0.4 is 5.32 Å². The third-order valence-corrected chi connectivity index (χ3v) is 4.68. The average Bonchev–Trinajstić information content (AvgIpc) is 2.83. The number of nitrogens with one attached hydrogen (secondary N) is 1. The van der Waals surface area contributed by atoms with Crippen molar-refractivity contribution in [3.8, 4) is 11.5 Å². The largest absolute Gasteiger partial charge is 0.440 e. The van der Waals surface area contributed by atoms with Gasteiger partial charge in [-0.25, -0.2) is 4.98 Å². The summed E-state index contributed by atoms with van der Waals surface area (Å²) in [6.07, 6.45) is 5.45. The van der Waals surface area contributed by atoms with Crippen LogP contribution in [-0.2, 0) is 11.2 Å². The molecule has 0 bridgehead atoms. The first-order valence-electron chi connectivity index (χ1n) is 9.23. The number of nitrogens with zero attached hydrogens (tertiary/aromatic N) is 2. The standard InChI is InChI=1S/C20H27N3O2/c1-16-18(25-20(22-16)17-9-5-4-6-10-17)15-19(24)21-11-14-23-12-7-2-3-8-13-23/h4-6,9-10H,2-3,7-8,11-15H2,1H3,(H,21,24). The Hall–Kier alpha value is -2.14. The van der Waals surface area contributed by atoms with Crippen molar-refractivity contribution in [3.63, 3.8) is 0 Å². The molecule has 0 unspecified atom stereocenters. The highest BCUT2D eigenvalue weighted by atomic mass is 16.4. The van der Waals surface area contributed by atoms with Gasteiger partial charge < -0.3 is 14.6 Å². The summed E-state index contributed by atoms with van der Waals surface area (Å²) in [5.74, 6) is 1.21. The Morgan fingerprint density at radius 1 is 1.16 bits per heavy atom. The van der Waals surface area contributed by atoms with Gasteiger partial charge in [0.05, 0.1) is 12.1 Å². The highest BCUT2D eigenvalue weighted by molar-refractivity contribution is 5.78. The van der Waals surface area contributed by atoms with Gasteiger partial charge in [0.25, 0.3) is 0 Å². The van der Waals surface area contributed by atoms with Crippen molar-refractivity contribution < 1.29 is 9.21 Å². The molecule has 0 spiro atoms. The summed E-state index contributed by atoms with van der Waals surface area (Å²) in [6, 6.07) is 9.76. The quantitative estimate of drug-likeness (QED) is 0.877. The first-order chi connectivity index (χ1) is 12.2. The van der Waals surface area contributed by atoms with E-state index < -0.39 is 0 Å². The van der Waals surface area contributed by atoms with E-state index in [2.05, 4.69) is 15.2 Å². The summed E-state index contributed by atoms with van der Waals surface area (Å²) in [4.78, 5) is 19.1. The summed E-state index contributed by atoms with van der Waals surface area (Å²) in [5.41, 5.74) is 1.71. The van der Waals surface area contributed by atoms with Gasteiger partial charge in [0.2, 0.25) is 11.8 Å². The molecule has 1 aromatic heterocycles. The molecule has 1 amide bonds. The maximum atomic E-state index is 12.2. The molecule has 5 heteroatoms. The molecule has 134 valence electrons. The SMILES string of the molecule is Cc1nc(-c2ccccc2)oc1CC(=O)NCCN1CCCCCC1. The lowest BCUT2D eigenvalue weighted by Crippen LogP contribution is -2.36. The Morgan fingerprint density at radius 3 is 2.60 bits per heavy atom. The van der Waals surface area contributed by atoms with Crippen LogP contribution in [0.4, 0.5) is 0 Å². The topological polar surface area (TPSA) is 58.4 Å². The maximum absolute atomic E-state index is 12.2. The molecule has 1 N–H and O–H groups in total. The Balaban J connectivity index is 1.48. The Labute approximate surface area is 149 Å². The number of aryl methyl sites for hydroxylation is 1. The van der Waals surface area contributed by atoms with E-state index in [-0.39, 0.29) is 12.3 Å². The molecule has 0 saturated carbocycles. The Bertz CT molecular complexity index is 674. The fourth-order valence-corrected chi connectivity index (χ4v) is 3.22.